The number of pyridine rings is 1. The summed E-state index contributed by atoms with van der Waals surface area (Å²) in [5.41, 5.74) is 0.502. The molecule has 0 bridgehead atoms. The summed E-state index contributed by atoms with van der Waals surface area (Å²) in [5.74, 6) is -0.664. The number of hydrogen-bond acceptors (Lipinski definition) is 8. The molecule has 2 amide bonds. The summed E-state index contributed by atoms with van der Waals surface area (Å²) in [4.78, 5) is 45.0. The van der Waals surface area contributed by atoms with E-state index in [9.17, 15) is 22.8 Å². The molecule has 2 aliphatic heterocycles. The Bertz CT molecular complexity index is 1490. The second-order valence-corrected chi connectivity index (χ2v) is 11.2. The largest absolute Gasteiger partial charge is 0.497 e. The van der Waals surface area contributed by atoms with E-state index in [1.807, 2.05) is 6.92 Å². The van der Waals surface area contributed by atoms with Crippen LogP contribution < -0.4 is 10.1 Å². The summed E-state index contributed by atoms with van der Waals surface area (Å²) in [6.45, 7) is 1.76. The van der Waals surface area contributed by atoms with Gasteiger partial charge in [0.25, 0.3) is 15.9 Å². The van der Waals surface area contributed by atoms with Gasteiger partial charge in [0.1, 0.15) is 23.4 Å². The maximum atomic E-state index is 13.6. The minimum Gasteiger partial charge on any atom is -0.497 e. The fraction of sp³-hybridized carbons (Fsp3) is 0.385. The van der Waals surface area contributed by atoms with Crippen molar-refractivity contribution < 1.29 is 32.0 Å². The molecule has 4 heterocycles. The minimum atomic E-state index is -4.01. The number of Topliss-reactive ketones (excluding diaryl/α,β-unsaturated/α-hetero) is 1. The average molecular weight is 541 g/mol. The summed E-state index contributed by atoms with van der Waals surface area (Å²) in [6, 6.07) is 8.80. The Morgan fingerprint density at radius 2 is 2.05 bits per heavy atom. The van der Waals surface area contributed by atoms with Crippen LogP contribution in [-0.2, 0) is 19.6 Å². The normalized spacial score (nSPS) is 20.5. The number of ketones is 1. The lowest BCUT2D eigenvalue weighted by molar-refractivity contribution is -0.138. The zero-order chi connectivity index (χ0) is 27.0. The van der Waals surface area contributed by atoms with Gasteiger partial charge in [0.05, 0.1) is 19.7 Å². The second-order valence-electron chi connectivity index (χ2n) is 9.35. The highest BCUT2D eigenvalue weighted by atomic mass is 32.2. The molecule has 0 saturated carbocycles. The Kier molecular flexibility index (Phi) is 6.93. The number of likely N-dealkylation sites (tertiary alicyclic amines) is 1. The highest BCUT2D eigenvalue weighted by molar-refractivity contribution is 7.89. The molecule has 12 heteroatoms. The highest BCUT2D eigenvalue weighted by Gasteiger charge is 2.54. The lowest BCUT2D eigenvalue weighted by Crippen LogP contribution is -2.52. The predicted molar refractivity (Wildman–Crippen MR) is 136 cm³/mol. The molecular formula is C26H28N4O7S. The molecule has 5 rings (SSSR count). The van der Waals surface area contributed by atoms with E-state index in [0.29, 0.717) is 36.0 Å². The Hall–Kier alpha value is -3.77. The van der Waals surface area contributed by atoms with Gasteiger partial charge >= 0.3 is 0 Å². The van der Waals surface area contributed by atoms with Crippen LogP contribution in [0.3, 0.4) is 0 Å². The van der Waals surface area contributed by atoms with E-state index in [1.165, 1.54) is 17.2 Å². The van der Waals surface area contributed by atoms with E-state index < -0.39 is 40.0 Å². The molecule has 1 N–H and O–H groups in total. The van der Waals surface area contributed by atoms with Crippen LogP contribution in [0.2, 0.25) is 0 Å². The number of hydrogen-bond donors (Lipinski definition) is 1. The lowest BCUT2D eigenvalue weighted by atomic mass is 10.1. The van der Waals surface area contributed by atoms with Gasteiger partial charge in [-0.3, -0.25) is 14.4 Å². The Morgan fingerprint density at radius 1 is 1.24 bits per heavy atom. The number of methoxy groups -OCH3 is 1. The molecule has 0 radical (unpaired) electrons. The standard InChI is InChI=1S/C26H28N4O7S/c1-3-6-18(28-25(32)22-14-16-13-17(36-2)8-9-21(16)37-22)26(33)29-12-10-19-24(29)20(31)15-30(19)38(34,35)23-7-4-5-11-27-23/h4-5,7-9,11,13-14,18-19,24H,3,6,10,12,15H2,1-2H3,(H,28,32). The van der Waals surface area contributed by atoms with E-state index >= 15 is 0 Å². The van der Waals surface area contributed by atoms with Crippen molar-refractivity contribution in [1.29, 1.82) is 0 Å². The highest BCUT2D eigenvalue weighted by Crippen LogP contribution is 2.34. The van der Waals surface area contributed by atoms with Crippen LogP contribution in [0.4, 0.5) is 0 Å². The third-order valence-corrected chi connectivity index (χ3v) is 8.79. The Balaban J connectivity index is 1.34. The van der Waals surface area contributed by atoms with E-state index in [1.54, 1.807) is 43.5 Å². The van der Waals surface area contributed by atoms with E-state index in [4.69, 9.17) is 9.15 Å². The van der Waals surface area contributed by atoms with Gasteiger partial charge in [0, 0.05) is 18.1 Å². The summed E-state index contributed by atoms with van der Waals surface area (Å²) in [5, 5.41) is 3.29. The molecule has 200 valence electrons. The number of carbonyl (C=O) groups is 3. The van der Waals surface area contributed by atoms with Crippen molar-refractivity contribution in [3.63, 3.8) is 0 Å². The number of furan rings is 1. The van der Waals surface area contributed by atoms with Crippen LogP contribution in [0.15, 0.2) is 58.1 Å². The van der Waals surface area contributed by atoms with Gasteiger partial charge < -0.3 is 19.4 Å². The van der Waals surface area contributed by atoms with Gasteiger partial charge in [-0.1, -0.05) is 19.4 Å². The summed E-state index contributed by atoms with van der Waals surface area (Å²) in [6.07, 6.45) is 2.64. The number of amides is 2. The first-order valence-electron chi connectivity index (χ1n) is 12.4. The first kappa shape index (κ1) is 25.9. The number of benzene rings is 1. The third-order valence-electron chi connectivity index (χ3n) is 7.00. The monoisotopic (exact) mass is 540 g/mol. The van der Waals surface area contributed by atoms with Crippen LogP contribution in [0.1, 0.15) is 36.7 Å². The number of ether oxygens (including phenoxy) is 1. The molecule has 2 saturated heterocycles. The molecule has 3 aromatic rings. The quantitative estimate of drug-likeness (QED) is 0.458. The van der Waals surface area contributed by atoms with Gasteiger partial charge in [-0.15, -0.1) is 0 Å². The van der Waals surface area contributed by atoms with E-state index in [0.717, 1.165) is 4.31 Å². The molecular weight excluding hydrogens is 512 g/mol. The van der Waals surface area contributed by atoms with E-state index in [2.05, 4.69) is 10.3 Å². The van der Waals surface area contributed by atoms with Crippen molar-refractivity contribution in [3.05, 3.63) is 54.4 Å². The van der Waals surface area contributed by atoms with Gasteiger partial charge in [-0.2, -0.15) is 4.31 Å². The first-order valence-corrected chi connectivity index (χ1v) is 13.8. The molecule has 0 spiro atoms. The summed E-state index contributed by atoms with van der Waals surface area (Å²) >= 11 is 0. The van der Waals surface area contributed by atoms with Gasteiger partial charge in [0.15, 0.2) is 16.6 Å². The SMILES string of the molecule is CCCC(NC(=O)c1cc2cc(OC)ccc2o1)C(=O)N1CCC2C1C(=O)CN2S(=O)(=O)c1ccccn1. The maximum absolute atomic E-state index is 13.6. The van der Waals surface area contributed by atoms with Gasteiger partial charge in [-0.05, 0) is 49.2 Å². The van der Waals surface area contributed by atoms with Crippen molar-refractivity contribution in [2.24, 2.45) is 0 Å². The van der Waals surface area contributed by atoms with Crippen LogP contribution in [0.25, 0.3) is 11.0 Å². The molecule has 38 heavy (non-hydrogen) atoms. The Labute approximate surface area is 219 Å². The van der Waals surface area contributed by atoms with Gasteiger partial charge in [-0.25, -0.2) is 13.4 Å². The number of nitrogens with zero attached hydrogens (tertiary/aromatic N) is 3. The number of nitrogens with one attached hydrogen (secondary N) is 1. The maximum Gasteiger partial charge on any atom is 0.287 e. The first-order chi connectivity index (χ1) is 18.2. The van der Waals surface area contributed by atoms with Gasteiger partial charge in [0.2, 0.25) is 5.91 Å². The predicted octanol–water partition coefficient (Wildman–Crippen LogP) is 1.98. The van der Waals surface area contributed by atoms with Crippen LogP contribution in [-0.4, -0.2) is 78.5 Å². The van der Waals surface area contributed by atoms with Crippen molar-refractivity contribution in [1.82, 2.24) is 19.5 Å². The van der Waals surface area contributed by atoms with E-state index in [-0.39, 0.29) is 29.7 Å². The van der Waals surface area contributed by atoms with Crippen molar-refractivity contribution >= 4 is 38.6 Å². The smallest absolute Gasteiger partial charge is 0.287 e. The van der Waals surface area contributed by atoms with Crippen molar-refractivity contribution in [2.75, 3.05) is 20.2 Å². The number of aromatic nitrogens is 1. The summed E-state index contributed by atoms with van der Waals surface area (Å²) < 4.78 is 38.4. The third kappa shape index (κ3) is 4.54. The second kappa shape index (κ2) is 10.2. The molecule has 2 fully saturated rings. The number of sulfonamides is 1. The van der Waals surface area contributed by atoms with Crippen LogP contribution in [0, 0.1) is 0 Å². The van der Waals surface area contributed by atoms with Crippen molar-refractivity contribution in [3.8, 4) is 5.75 Å². The fourth-order valence-corrected chi connectivity index (χ4v) is 6.76. The Morgan fingerprint density at radius 3 is 2.76 bits per heavy atom. The lowest BCUT2D eigenvalue weighted by Gasteiger charge is -2.28. The van der Waals surface area contributed by atoms with Crippen LogP contribution >= 0.6 is 0 Å². The number of carbonyl (C=O) groups excluding carboxylic acids is 3. The molecule has 1 aromatic carbocycles. The zero-order valence-electron chi connectivity index (χ0n) is 21.0. The minimum absolute atomic E-state index is 0.0472. The fourth-order valence-electron chi connectivity index (χ4n) is 5.20. The number of fused-ring (bicyclic) bond motifs is 2. The topological polar surface area (TPSA) is 139 Å². The average Bonchev–Trinajstić information content (AvgIpc) is 3.63. The molecule has 11 nitrogen and oxygen atoms in total. The molecule has 0 aliphatic carbocycles. The zero-order valence-corrected chi connectivity index (χ0v) is 21.8. The summed E-state index contributed by atoms with van der Waals surface area (Å²) in [7, 11) is -2.46. The van der Waals surface area contributed by atoms with Crippen LogP contribution in [0.5, 0.6) is 5.75 Å². The molecule has 3 atom stereocenters. The molecule has 2 aliphatic rings. The molecule has 3 unspecified atom stereocenters. The van der Waals surface area contributed by atoms with Crippen molar-refractivity contribution in [2.45, 2.75) is 49.3 Å². The molecule has 2 aromatic heterocycles. The number of rotatable bonds is 8.